The topological polar surface area (TPSA) is 67.8 Å². The van der Waals surface area contributed by atoms with Crippen LogP contribution >= 0.6 is 15.9 Å². The number of hydrogen-bond donors (Lipinski definition) is 1. The molecule has 1 aromatic carbocycles. The minimum atomic E-state index is -0.584. The standard InChI is InChI=1S/C11H9BrFN3O2/c12-9-10(17)14-11(18)16(15-9)5-4-7-2-1-3-8(13)6-7/h1-3,6H,4-5H2,(H,14,17,18). The van der Waals surface area contributed by atoms with Gasteiger partial charge in [0.1, 0.15) is 5.82 Å². The van der Waals surface area contributed by atoms with Gasteiger partial charge in [0.05, 0.1) is 6.54 Å². The second kappa shape index (κ2) is 5.26. The molecule has 18 heavy (non-hydrogen) atoms. The molecule has 0 fully saturated rings. The third-order valence-electron chi connectivity index (χ3n) is 2.35. The molecule has 0 aliphatic carbocycles. The molecule has 2 rings (SSSR count). The van der Waals surface area contributed by atoms with Gasteiger partial charge < -0.3 is 0 Å². The van der Waals surface area contributed by atoms with Crippen LogP contribution in [-0.4, -0.2) is 14.8 Å². The van der Waals surface area contributed by atoms with Crippen LogP contribution in [0, 0.1) is 5.82 Å². The Morgan fingerprint density at radius 3 is 2.89 bits per heavy atom. The number of hydrogen-bond acceptors (Lipinski definition) is 3. The Morgan fingerprint density at radius 2 is 2.17 bits per heavy atom. The molecular weight excluding hydrogens is 305 g/mol. The van der Waals surface area contributed by atoms with Crippen LogP contribution in [0.2, 0.25) is 0 Å². The molecule has 5 nitrogen and oxygen atoms in total. The SMILES string of the molecule is O=c1[nH]c(=O)n(CCc2cccc(F)c2)nc1Br. The molecule has 1 N–H and O–H groups in total. The molecule has 1 aromatic heterocycles. The predicted octanol–water partition coefficient (Wildman–Crippen LogP) is 1.08. The van der Waals surface area contributed by atoms with E-state index in [-0.39, 0.29) is 17.0 Å². The monoisotopic (exact) mass is 313 g/mol. The second-order valence-electron chi connectivity index (χ2n) is 3.65. The number of aromatic nitrogens is 3. The molecule has 1 heterocycles. The summed E-state index contributed by atoms with van der Waals surface area (Å²) in [7, 11) is 0. The first-order valence-corrected chi connectivity index (χ1v) is 5.97. The van der Waals surface area contributed by atoms with Gasteiger partial charge in [-0.25, -0.2) is 13.9 Å². The van der Waals surface area contributed by atoms with Gasteiger partial charge in [0.15, 0.2) is 4.60 Å². The molecule has 0 amide bonds. The van der Waals surface area contributed by atoms with E-state index in [0.717, 1.165) is 10.2 Å². The lowest BCUT2D eigenvalue weighted by Crippen LogP contribution is -2.33. The van der Waals surface area contributed by atoms with E-state index in [1.165, 1.54) is 12.1 Å². The lowest BCUT2D eigenvalue weighted by Gasteiger charge is -2.04. The summed E-state index contributed by atoms with van der Waals surface area (Å²) in [5.41, 5.74) is -0.396. The molecule has 7 heteroatoms. The number of halogens is 2. The van der Waals surface area contributed by atoms with Crippen molar-refractivity contribution in [1.82, 2.24) is 14.8 Å². The summed E-state index contributed by atoms with van der Waals surface area (Å²) in [6.45, 7) is 0.262. The lowest BCUT2D eigenvalue weighted by atomic mass is 10.1. The molecule has 94 valence electrons. The van der Waals surface area contributed by atoms with Crippen LogP contribution in [0.15, 0.2) is 38.5 Å². The van der Waals surface area contributed by atoms with Crippen molar-refractivity contribution in [2.45, 2.75) is 13.0 Å². The van der Waals surface area contributed by atoms with Crippen molar-refractivity contribution in [1.29, 1.82) is 0 Å². The van der Waals surface area contributed by atoms with Crippen LogP contribution in [0.1, 0.15) is 5.56 Å². The van der Waals surface area contributed by atoms with Crippen molar-refractivity contribution in [2.24, 2.45) is 0 Å². The summed E-state index contributed by atoms with van der Waals surface area (Å²) in [5, 5.41) is 3.79. The molecule has 0 saturated heterocycles. The first-order chi connectivity index (χ1) is 8.56. The number of aromatic amines is 1. The number of nitrogens with one attached hydrogen (secondary N) is 1. The van der Waals surface area contributed by atoms with Gasteiger partial charge in [0.2, 0.25) is 0 Å². The van der Waals surface area contributed by atoms with Crippen LogP contribution in [0.5, 0.6) is 0 Å². The molecule has 0 atom stereocenters. The molecule has 2 aromatic rings. The van der Waals surface area contributed by atoms with Gasteiger partial charge in [-0.2, -0.15) is 5.10 Å². The number of benzene rings is 1. The van der Waals surface area contributed by atoms with E-state index < -0.39 is 11.2 Å². The van der Waals surface area contributed by atoms with Gasteiger partial charge in [0, 0.05) is 0 Å². The van der Waals surface area contributed by atoms with Crippen LogP contribution in [0.25, 0.3) is 0 Å². The van der Waals surface area contributed by atoms with Gasteiger partial charge in [-0.15, -0.1) is 0 Å². The van der Waals surface area contributed by atoms with E-state index in [9.17, 15) is 14.0 Å². The fourth-order valence-corrected chi connectivity index (χ4v) is 1.78. The van der Waals surface area contributed by atoms with E-state index in [0.29, 0.717) is 6.42 Å². The smallest absolute Gasteiger partial charge is 0.270 e. The Morgan fingerprint density at radius 1 is 1.39 bits per heavy atom. The zero-order chi connectivity index (χ0) is 13.1. The van der Waals surface area contributed by atoms with Crippen molar-refractivity contribution in [3.8, 4) is 0 Å². The predicted molar refractivity (Wildman–Crippen MR) is 66.9 cm³/mol. The number of H-pyrrole nitrogens is 1. The minimum Gasteiger partial charge on any atom is -0.270 e. The lowest BCUT2D eigenvalue weighted by molar-refractivity contribution is 0.546. The molecule has 0 unspecified atom stereocenters. The van der Waals surface area contributed by atoms with Crippen molar-refractivity contribution in [3.05, 3.63) is 61.1 Å². The van der Waals surface area contributed by atoms with E-state index in [1.807, 2.05) is 0 Å². The number of rotatable bonds is 3. The first-order valence-electron chi connectivity index (χ1n) is 5.17. The summed E-state index contributed by atoms with van der Waals surface area (Å²) < 4.78 is 14.1. The van der Waals surface area contributed by atoms with Crippen LogP contribution in [0.4, 0.5) is 4.39 Å². The molecule has 0 radical (unpaired) electrons. The van der Waals surface area contributed by atoms with Gasteiger partial charge in [-0.05, 0) is 40.0 Å². The van der Waals surface area contributed by atoms with Crippen LogP contribution in [-0.2, 0) is 13.0 Å². The maximum atomic E-state index is 13.0. The van der Waals surface area contributed by atoms with Crippen LogP contribution in [0.3, 0.4) is 0 Å². The van der Waals surface area contributed by atoms with Crippen molar-refractivity contribution in [2.75, 3.05) is 0 Å². The highest BCUT2D eigenvalue weighted by molar-refractivity contribution is 9.10. The largest absolute Gasteiger partial charge is 0.344 e. The fraction of sp³-hybridized carbons (Fsp3) is 0.182. The molecular formula is C11H9BrFN3O2. The highest BCUT2D eigenvalue weighted by Crippen LogP contribution is 2.04. The van der Waals surface area contributed by atoms with Gasteiger partial charge in [-0.1, -0.05) is 12.1 Å². The number of aryl methyl sites for hydroxylation is 2. The number of nitrogens with zero attached hydrogens (tertiary/aromatic N) is 2. The quantitative estimate of drug-likeness (QED) is 0.922. The molecule has 0 aliphatic rings. The van der Waals surface area contributed by atoms with Crippen molar-refractivity contribution < 1.29 is 4.39 Å². The van der Waals surface area contributed by atoms with E-state index >= 15 is 0 Å². The summed E-state index contributed by atoms with van der Waals surface area (Å²) in [4.78, 5) is 24.6. The van der Waals surface area contributed by atoms with E-state index in [4.69, 9.17) is 0 Å². The fourth-order valence-electron chi connectivity index (χ4n) is 1.49. The molecule has 0 saturated carbocycles. The maximum Gasteiger partial charge on any atom is 0.344 e. The summed E-state index contributed by atoms with van der Waals surface area (Å²) in [6.07, 6.45) is 0.448. The first kappa shape index (κ1) is 12.7. The summed E-state index contributed by atoms with van der Waals surface area (Å²) in [6, 6.07) is 6.11. The average Bonchev–Trinajstić information content (AvgIpc) is 2.32. The molecule has 0 aliphatic heterocycles. The minimum absolute atomic E-state index is 0.0429. The Hall–Kier alpha value is -1.76. The Labute approximate surface area is 109 Å². The second-order valence-corrected chi connectivity index (χ2v) is 4.40. The normalized spacial score (nSPS) is 10.6. The highest BCUT2D eigenvalue weighted by atomic mass is 79.9. The summed E-state index contributed by atoms with van der Waals surface area (Å²) in [5.74, 6) is -0.324. The molecule has 0 bridgehead atoms. The zero-order valence-corrected chi connectivity index (χ0v) is 10.8. The Bertz CT molecular complexity index is 680. The third kappa shape index (κ3) is 2.92. The van der Waals surface area contributed by atoms with Crippen molar-refractivity contribution in [3.63, 3.8) is 0 Å². The van der Waals surface area contributed by atoms with Gasteiger partial charge >= 0.3 is 5.69 Å². The zero-order valence-electron chi connectivity index (χ0n) is 9.19. The average molecular weight is 314 g/mol. The van der Waals surface area contributed by atoms with E-state index in [2.05, 4.69) is 26.0 Å². The van der Waals surface area contributed by atoms with Crippen molar-refractivity contribution >= 4 is 15.9 Å². The Balaban J connectivity index is 2.18. The maximum absolute atomic E-state index is 13.0. The molecule has 0 spiro atoms. The summed E-state index contributed by atoms with van der Waals surface area (Å²) >= 11 is 2.94. The third-order valence-corrected chi connectivity index (χ3v) is 2.87. The van der Waals surface area contributed by atoms with Crippen LogP contribution < -0.4 is 11.2 Å². The van der Waals surface area contributed by atoms with E-state index in [1.54, 1.807) is 12.1 Å². The Kier molecular flexibility index (Phi) is 3.71. The van der Waals surface area contributed by atoms with Gasteiger partial charge in [-0.3, -0.25) is 9.78 Å². The highest BCUT2D eigenvalue weighted by Gasteiger charge is 2.04. The van der Waals surface area contributed by atoms with Gasteiger partial charge in [0.25, 0.3) is 5.56 Å².